The van der Waals surface area contributed by atoms with Crippen molar-refractivity contribution in [1.29, 1.82) is 0 Å². The summed E-state index contributed by atoms with van der Waals surface area (Å²) in [5, 5.41) is 11.3. The summed E-state index contributed by atoms with van der Waals surface area (Å²) in [6.07, 6.45) is 3.12. The van der Waals surface area contributed by atoms with Crippen molar-refractivity contribution < 1.29 is 19.1 Å². The van der Waals surface area contributed by atoms with Crippen LogP contribution in [0.4, 0.5) is 0 Å². The molecule has 0 aliphatic rings. The molecule has 1 amide bonds. The van der Waals surface area contributed by atoms with Gasteiger partial charge in [-0.2, -0.15) is 0 Å². The molecule has 4 N–H and O–H groups in total. The van der Waals surface area contributed by atoms with Gasteiger partial charge in [-0.3, -0.25) is 15.6 Å². The Morgan fingerprint density at radius 2 is 2.17 bits per heavy atom. The van der Waals surface area contributed by atoms with Crippen LogP contribution in [-0.2, 0) is 16.1 Å². The van der Waals surface area contributed by atoms with Crippen molar-refractivity contribution in [3.05, 3.63) is 36.3 Å². The number of furan rings is 1. The molecule has 0 aromatic carbocycles. The number of carboxylic acid groups (broad SMARTS) is 1. The number of thiocarbonyl (C=S) groups is 1. The van der Waals surface area contributed by atoms with Gasteiger partial charge in [-0.25, -0.2) is 4.79 Å². The lowest BCUT2D eigenvalue weighted by molar-refractivity contribution is -0.131. The number of hydrazine groups is 1. The second-order valence-corrected chi connectivity index (χ2v) is 3.46. The van der Waals surface area contributed by atoms with E-state index in [9.17, 15) is 9.59 Å². The molecular formula is C10H11N3O4S. The number of carbonyl (C=O) groups excluding carboxylic acids is 1. The van der Waals surface area contributed by atoms with E-state index in [-0.39, 0.29) is 5.11 Å². The van der Waals surface area contributed by atoms with Crippen LogP contribution >= 0.6 is 12.2 Å². The van der Waals surface area contributed by atoms with Crippen molar-refractivity contribution in [3.8, 4) is 0 Å². The summed E-state index contributed by atoms with van der Waals surface area (Å²) >= 11 is 4.86. The Labute approximate surface area is 108 Å². The first-order valence-electron chi connectivity index (χ1n) is 4.85. The van der Waals surface area contributed by atoms with E-state index in [1.165, 1.54) is 6.26 Å². The van der Waals surface area contributed by atoms with Crippen LogP contribution in [0, 0.1) is 0 Å². The van der Waals surface area contributed by atoms with Crippen LogP contribution in [0.15, 0.2) is 35.0 Å². The van der Waals surface area contributed by atoms with Gasteiger partial charge in [0.2, 0.25) is 0 Å². The smallest absolute Gasteiger partial charge is 0.328 e. The average molecular weight is 269 g/mol. The predicted molar refractivity (Wildman–Crippen MR) is 66.2 cm³/mol. The van der Waals surface area contributed by atoms with E-state index in [0.717, 1.165) is 12.2 Å². The molecule has 0 radical (unpaired) electrons. The molecule has 0 saturated carbocycles. The lowest BCUT2D eigenvalue weighted by atomic mass is 10.4. The minimum absolute atomic E-state index is 0.184. The van der Waals surface area contributed by atoms with E-state index in [1.807, 2.05) is 0 Å². The van der Waals surface area contributed by atoms with Crippen molar-refractivity contribution in [2.45, 2.75) is 6.54 Å². The Morgan fingerprint density at radius 3 is 2.78 bits per heavy atom. The molecule has 0 spiro atoms. The third-order valence-electron chi connectivity index (χ3n) is 1.68. The Bertz CT molecular complexity index is 456. The quantitative estimate of drug-likeness (QED) is 0.344. The van der Waals surface area contributed by atoms with Crippen LogP contribution in [0.25, 0.3) is 0 Å². The molecule has 0 bridgehead atoms. The number of nitrogens with one attached hydrogen (secondary N) is 3. The maximum atomic E-state index is 11.1. The first-order valence-corrected chi connectivity index (χ1v) is 5.26. The van der Waals surface area contributed by atoms with Gasteiger partial charge in [-0.15, -0.1) is 0 Å². The van der Waals surface area contributed by atoms with Crippen molar-refractivity contribution in [2.75, 3.05) is 0 Å². The van der Waals surface area contributed by atoms with E-state index >= 15 is 0 Å². The van der Waals surface area contributed by atoms with Crippen molar-refractivity contribution >= 4 is 29.2 Å². The summed E-state index contributed by atoms with van der Waals surface area (Å²) in [5.41, 5.74) is 4.60. The Balaban J connectivity index is 2.20. The van der Waals surface area contributed by atoms with Gasteiger partial charge in [0.1, 0.15) is 5.76 Å². The predicted octanol–water partition coefficient (Wildman–Crippen LogP) is -0.0843. The zero-order valence-electron chi connectivity index (χ0n) is 9.17. The Hall–Kier alpha value is -2.35. The molecule has 1 aromatic heterocycles. The molecule has 0 atom stereocenters. The fourth-order valence-electron chi connectivity index (χ4n) is 0.932. The van der Waals surface area contributed by atoms with E-state index < -0.39 is 11.9 Å². The fraction of sp³-hybridized carbons (Fsp3) is 0.100. The first kappa shape index (κ1) is 13.7. The van der Waals surface area contributed by atoms with Gasteiger partial charge in [0.05, 0.1) is 12.8 Å². The summed E-state index contributed by atoms with van der Waals surface area (Å²) in [6, 6.07) is 3.51. The maximum Gasteiger partial charge on any atom is 0.328 e. The second-order valence-electron chi connectivity index (χ2n) is 3.05. The van der Waals surface area contributed by atoms with Crippen LogP contribution in [0.1, 0.15) is 5.76 Å². The molecule has 8 heteroatoms. The van der Waals surface area contributed by atoms with Gasteiger partial charge in [0, 0.05) is 12.2 Å². The standard InChI is InChI=1S/C10H11N3O4S/c14-8(3-4-9(15)16)12-13-10(18)11-6-7-2-1-5-17-7/h1-5H,6H2,(H,12,14)(H,15,16)(H2,11,13,18). The van der Waals surface area contributed by atoms with Crippen LogP contribution in [0.2, 0.25) is 0 Å². The van der Waals surface area contributed by atoms with E-state index in [4.69, 9.17) is 21.7 Å². The lowest BCUT2D eigenvalue weighted by Crippen LogP contribution is -2.46. The molecule has 0 aliphatic heterocycles. The molecule has 1 heterocycles. The van der Waals surface area contributed by atoms with E-state index in [1.54, 1.807) is 12.1 Å². The zero-order valence-corrected chi connectivity index (χ0v) is 9.99. The average Bonchev–Trinajstić information content (AvgIpc) is 2.84. The largest absolute Gasteiger partial charge is 0.478 e. The van der Waals surface area contributed by atoms with Gasteiger partial charge < -0.3 is 14.8 Å². The van der Waals surface area contributed by atoms with E-state index in [2.05, 4.69) is 16.2 Å². The Kier molecular flexibility index (Phi) is 5.39. The minimum Gasteiger partial charge on any atom is -0.478 e. The minimum atomic E-state index is -1.20. The number of carboxylic acids is 1. The molecule has 0 saturated heterocycles. The number of carbonyl (C=O) groups is 2. The summed E-state index contributed by atoms with van der Waals surface area (Å²) < 4.78 is 5.06. The number of aliphatic carboxylic acids is 1. The van der Waals surface area contributed by atoms with Crippen LogP contribution < -0.4 is 16.2 Å². The molecule has 0 unspecified atom stereocenters. The number of hydrogen-bond acceptors (Lipinski definition) is 4. The molecular weight excluding hydrogens is 258 g/mol. The molecule has 18 heavy (non-hydrogen) atoms. The van der Waals surface area contributed by atoms with Crippen molar-refractivity contribution in [2.24, 2.45) is 0 Å². The topological polar surface area (TPSA) is 104 Å². The van der Waals surface area contributed by atoms with Crippen LogP contribution in [0.3, 0.4) is 0 Å². The monoisotopic (exact) mass is 269 g/mol. The first-order chi connectivity index (χ1) is 8.58. The normalized spacial score (nSPS) is 10.0. The van der Waals surface area contributed by atoms with Gasteiger partial charge in [-0.05, 0) is 24.4 Å². The molecule has 96 valence electrons. The van der Waals surface area contributed by atoms with Crippen LogP contribution in [0.5, 0.6) is 0 Å². The fourth-order valence-corrected chi connectivity index (χ4v) is 1.05. The van der Waals surface area contributed by atoms with Gasteiger partial charge >= 0.3 is 5.97 Å². The highest BCUT2D eigenvalue weighted by atomic mass is 32.1. The van der Waals surface area contributed by atoms with Gasteiger partial charge in [0.25, 0.3) is 5.91 Å². The number of rotatable bonds is 4. The number of amides is 1. The maximum absolute atomic E-state index is 11.1. The Morgan fingerprint density at radius 1 is 1.39 bits per heavy atom. The molecule has 0 fully saturated rings. The van der Waals surface area contributed by atoms with E-state index in [0.29, 0.717) is 12.3 Å². The summed E-state index contributed by atoms with van der Waals surface area (Å²) in [4.78, 5) is 21.2. The van der Waals surface area contributed by atoms with Crippen molar-refractivity contribution in [3.63, 3.8) is 0 Å². The number of hydrogen-bond donors (Lipinski definition) is 4. The third-order valence-corrected chi connectivity index (χ3v) is 1.93. The highest BCUT2D eigenvalue weighted by molar-refractivity contribution is 7.80. The van der Waals surface area contributed by atoms with Gasteiger partial charge in [-0.1, -0.05) is 0 Å². The zero-order chi connectivity index (χ0) is 13.4. The summed E-state index contributed by atoms with van der Waals surface area (Å²) in [5.74, 6) is -1.14. The molecule has 7 nitrogen and oxygen atoms in total. The summed E-state index contributed by atoms with van der Waals surface area (Å²) in [6.45, 7) is 0.375. The molecule has 1 rings (SSSR count). The van der Waals surface area contributed by atoms with Crippen LogP contribution in [-0.4, -0.2) is 22.1 Å². The summed E-state index contributed by atoms with van der Waals surface area (Å²) in [7, 11) is 0. The molecule has 1 aromatic rings. The lowest BCUT2D eigenvalue weighted by Gasteiger charge is -2.08. The van der Waals surface area contributed by atoms with Gasteiger partial charge in [0.15, 0.2) is 5.11 Å². The third kappa shape index (κ3) is 5.66. The highest BCUT2D eigenvalue weighted by Crippen LogP contribution is 1.97. The SMILES string of the molecule is O=C(O)C=CC(=O)NNC(=S)NCc1ccco1. The highest BCUT2D eigenvalue weighted by Gasteiger charge is 2.00. The molecule has 0 aliphatic carbocycles. The van der Waals surface area contributed by atoms with Crippen molar-refractivity contribution in [1.82, 2.24) is 16.2 Å². The second kappa shape index (κ2) is 7.07.